The maximum atomic E-state index is 14.4. The van der Waals surface area contributed by atoms with E-state index in [1.807, 2.05) is 12.1 Å². The minimum absolute atomic E-state index is 0.0160. The predicted molar refractivity (Wildman–Crippen MR) is 102 cm³/mol. The lowest BCUT2D eigenvalue weighted by Gasteiger charge is -2.29. The number of ether oxygens (including phenoxy) is 1. The van der Waals surface area contributed by atoms with Gasteiger partial charge in [-0.2, -0.15) is 4.39 Å². The van der Waals surface area contributed by atoms with Gasteiger partial charge in [-0.15, -0.1) is 0 Å². The highest BCUT2D eigenvalue weighted by molar-refractivity contribution is 5.33. The van der Waals surface area contributed by atoms with Crippen molar-refractivity contribution in [3.8, 4) is 5.75 Å². The molecule has 0 spiro atoms. The maximum absolute atomic E-state index is 14.4. The molecule has 0 radical (unpaired) electrons. The minimum atomic E-state index is -0.877. The van der Waals surface area contributed by atoms with Gasteiger partial charge in [0.25, 0.3) is 0 Å². The lowest BCUT2D eigenvalue weighted by atomic mass is 9.76. The number of benzene rings is 2. The van der Waals surface area contributed by atoms with Crippen LogP contribution in [0.15, 0.2) is 30.3 Å². The van der Waals surface area contributed by atoms with Crippen LogP contribution in [0.4, 0.5) is 13.2 Å². The van der Waals surface area contributed by atoms with E-state index in [-0.39, 0.29) is 17.5 Å². The van der Waals surface area contributed by atoms with Crippen molar-refractivity contribution in [1.82, 2.24) is 0 Å². The Hall–Kier alpha value is -1.97. The fourth-order valence-electron chi connectivity index (χ4n) is 4.05. The molecule has 1 fully saturated rings. The average Bonchev–Trinajstić information content (AvgIpc) is 2.67. The number of halogens is 3. The summed E-state index contributed by atoms with van der Waals surface area (Å²) in [5.41, 5.74) is 2.17. The van der Waals surface area contributed by atoms with Crippen LogP contribution in [0.1, 0.15) is 61.6 Å². The molecule has 1 aliphatic rings. The molecule has 2 aromatic rings. The molecule has 0 aliphatic heterocycles. The van der Waals surface area contributed by atoms with Gasteiger partial charge >= 0.3 is 0 Å². The van der Waals surface area contributed by atoms with Crippen LogP contribution in [0.3, 0.4) is 0 Å². The van der Waals surface area contributed by atoms with Crippen LogP contribution in [0.5, 0.6) is 5.75 Å². The Bertz CT molecular complexity index is 779. The van der Waals surface area contributed by atoms with Gasteiger partial charge in [0.2, 0.25) is 5.82 Å². The third kappa shape index (κ3) is 4.66. The van der Waals surface area contributed by atoms with E-state index in [1.165, 1.54) is 6.07 Å². The molecule has 0 bridgehead atoms. The van der Waals surface area contributed by atoms with Gasteiger partial charge in [-0.25, -0.2) is 8.78 Å². The summed E-state index contributed by atoms with van der Waals surface area (Å²) in [6.45, 7) is 3.83. The van der Waals surface area contributed by atoms with Gasteiger partial charge in [0.15, 0.2) is 11.6 Å². The molecule has 0 heterocycles. The predicted octanol–water partition coefficient (Wildman–Crippen LogP) is 6.72. The summed E-state index contributed by atoms with van der Waals surface area (Å²) >= 11 is 0. The summed E-state index contributed by atoms with van der Waals surface area (Å²) < 4.78 is 47.3. The monoisotopic (exact) mass is 376 g/mol. The Morgan fingerprint density at radius 3 is 2.37 bits per heavy atom. The summed E-state index contributed by atoms with van der Waals surface area (Å²) in [4.78, 5) is 0. The Morgan fingerprint density at radius 1 is 0.963 bits per heavy atom. The van der Waals surface area contributed by atoms with Gasteiger partial charge < -0.3 is 4.74 Å². The molecule has 2 aromatic carbocycles. The zero-order valence-corrected chi connectivity index (χ0v) is 16.0. The van der Waals surface area contributed by atoms with Crippen molar-refractivity contribution in [1.29, 1.82) is 0 Å². The van der Waals surface area contributed by atoms with Crippen LogP contribution in [0.2, 0.25) is 0 Å². The van der Waals surface area contributed by atoms with Gasteiger partial charge in [-0.3, -0.25) is 0 Å². The third-order valence-corrected chi connectivity index (χ3v) is 5.74. The first-order valence-electron chi connectivity index (χ1n) is 9.85. The van der Waals surface area contributed by atoms with E-state index >= 15 is 0 Å². The normalized spacial score (nSPS) is 19.9. The fraction of sp³-hybridized carbons (Fsp3) is 0.478. The first-order chi connectivity index (χ1) is 13.0. The molecule has 0 amide bonds. The molecule has 0 unspecified atom stereocenters. The van der Waals surface area contributed by atoms with Gasteiger partial charge in [0, 0.05) is 0 Å². The fourth-order valence-corrected chi connectivity index (χ4v) is 4.05. The number of hydrogen-bond donors (Lipinski definition) is 0. The van der Waals surface area contributed by atoms with Crippen molar-refractivity contribution < 1.29 is 17.9 Å². The number of rotatable bonds is 6. The van der Waals surface area contributed by atoms with Gasteiger partial charge in [-0.05, 0) is 93.0 Å². The highest BCUT2D eigenvalue weighted by Gasteiger charge is 2.26. The van der Waals surface area contributed by atoms with E-state index in [0.717, 1.165) is 44.1 Å². The van der Waals surface area contributed by atoms with Crippen LogP contribution < -0.4 is 4.74 Å². The quantitative estimate of drug-likeness (QED) is 0.544. The molecule has 0 saturated heterocycles. The Balaban J connectivity index is 1.55. The van der Waals surface area contributed by atoms with E-state index in [4.69, 9.17) is 4.74 Å². The second kappa shape index (κ2) is 8.81. The molecule has 1 aliphatic carbocycles. The minimum Gasteiger partial charge on any atom is -0.491 e. The van der Waals surface area contributed by atoms with Crippen molar-refractivity contribution in [2.24, 2.45) is 5.92 Å². The topological polar surface area (TPSA) is 9.23 Å². The zero-order chi connectivity index (χ0) is 19.4. The lowest BCUT2D eigenvalue weighted by Crippen LogP contribution is -2.15. The number of hydrogen-bond acceptors (Lipinski definition) is 1. The van der Waals surface area contributed by atoms with E-state index in [0.29, 0.717) is 23.7 Å². The summed E-state index contributed by atoms with van der Waals surface area (Å²) in [5, 5.41) is 0. The smallest absolute Gasteiger partial charge is 0.200 e. The largest absolute Gasteiger partial charge is 0.491 e. The van der Waals surface area contributed by atoms with Gasteiger partial charge in [0.05, 0.1) is 6.61 Å². The first kappa shape index (κ1) is 19.8. The Kier molecular flexibility index (Phi) is 6.46. The Morgan fingerprint density at radius 2 is 1.70 bits per heavy atom. The summed E-state index contributed by atoms with van der Waals surface area (Å²) in [5.74, 6) is -1.19. The highest BCUT2D eigenvalue weighted by Crippen LogP contribution is 2.39. The summed E-state index contributed by atoms with van der Waals surface area (Å²) in [6.07, 6.45) is 5.57. The van der Waals surface area contributed by atoms with Crippen molar-refractivity contribution in [2.45, 2.75) is 58.3 Å². The lowest BCUT2D eigenvalue weighted by molar-refractivity contribution is 0.297. The van der Waals surface area contributed by atoms with Crippen LogP contribution >= 0.6 is 0 Å². The first-order valence-corrected chi connectivity index (χ1v) is 9.85. The van der Waals surface area contributed by atoms with Crippen LogP contribution in [0.25, 0.3) is 0 Å². The van der Waals surface area contributed by atoms with E-state index in [9.17, 15) is 13.2 Å². The van der Waals surface area contributed by atoms with Crippen molar-refractivity contribution in [3.63, 3.8) is 0 Å². The highest BCUT2D eigenvalue weighted by atomic mass is 19.2. The number of aryl methyl sites for hydroxylation is 2. The van der Waals surface area contributed by atoms with Crippen molar-refractivity contribution in [2.75, 3.05) is 6.61 Å². The molecular weight excluding hydrogens is 349 g/mol. The molecule has 3 rings (SSSR count). The molecule has 1 nitrogen and oxygen atoms in total. The molecule has 0 N–H and O–H groups in total. The summed E-state index contributed by atoms with van der Waals surface area (Å²) in [7, 11) is 0. The van der Waals surface area contributed by atoms with Crippen molar-refractivity contribution >= 4 is 0 Å². The molecular formula is C23H27F3O. The SMILES string of the molecule is CCOc1ccc(C2CCC(CCc3ccc(C)c(F)c3)CC2)c(F)c1F. The molecule has 0 atom stereocenters. The average molecular weight is 376 g/mol. The van der Waals surface area contributed by atoms with Crippen LogP contribution in [-0.4, -0.2) is 6.61 Å². The standard InChI is InChI=1S/C23H27F3O/c1-3-27-21-13-12-19(22(25)23(21)26)18-10-8-16(9-11-18)6-7-17-5-4-15(2)20(24)14-17/h4-5,12-14,16,18H,3,6-11H2,1-2H3. The Labute approximate surface area is 159 Å². The van der Waals surface area contributed by atoms with Gasteiger partial charge in [-0.1, -0.05) is 18.2 Å². The molecule has 146 valence electrons. The molecule has 0 aromatic heterocycles. The van der Waals surface area contributed by atoms with Crippen LogP contribution in [0, 0.1) is 30.3 Å². The molecule has 1 saturated carbocycles. The van der Waals surface area contributed by atoms with Crippen LogP contribution in [-0.2, 0) is 6.42 Å². The maximum Gasteiger partial charge on any atom is 0.200 e. The van der Waals surface area contributed by atoms with E-state index in [1.54, 1.807) is 26.0 Å². The second-order valence-electron chi connectivity index (χ2n) is 7.55. The third-order valence-electron chi connectivity index (χ3n) is 5.74. The van der Waals surface area contributed by atoms with E-state index in [2.05, 4.69) is 0 Å². The van der Waals surface area contributed by atoms with E-state index < -0.39 is 11.6 Å². The zero-order valence-electron chi connectivity index (χ0n) is 16.0. The summed E-state index contributed by atoms with van der Waals surface area (Å²) in [6, 6.07) is 8.64. The second-order valence-corrected chi connectivity index (χ2v) is 7.55. The van der Waals surface area contributed by atoms with Crippen molar-refractivity contribution in [3.05, 3.63) is 64.5 Å². The molecule has 27 heavy (non-hydrogen) atoms. The molecule has 4 heteroatoms. The van der Waals surface area contributed by atoms with Gasteiger partial charge in [0.1, 0.15) is 5.82 Å².